The van der Waals surface area contributed by atoms with Crippen molar-refractivity contribution in [2.75, 3.05) is 0 Å². The molecule has 2 rings (SSSR count). The molecule has 5 heteroatoms. The molecule has 0 bridgehead atoms. The summed E-state index contributed by atoms with van der Waals surface area (Å²) in [5.74, 6) is 0. The molecule has 0 spiro atoms. The van der Waals surface area contributed by atoms with Gasteiger partial charge in [-0.15, -0.1) is 0 Å². The molecule has 0 amide bonds. The van der Waals surface area contributed by atoms with Crippen molar-refractivity contribution in [2.45, 2.75) is 0 Å². The third-order valence-corrected chi connectivity index (χ3v) is 3.12. The quantitative estimate of drug-likeness (QED) is 0.805. The van der Waals surface area contributed by atoms with Gasteiger partial charge in [-0.2, -0.15) is 0 Å². The number of fused-ring (bicyclic) bond motifs is 1. The van der Waals surface area contributed by atoms with Crippen LogP contribution in [-0.4, -0.2) is 11.3 Å². The zero-order valence-electron chi connectivity index (χ0n) is 6.86. The molecule has 0 fully saturated rings. The number of carboxylic acid groups (broad SMARTS) is 1. The van der Waals surface area contributed by atoms with E-state index < -0.39 is 6.16 Å². The van der Waals surface area contributed by atoms with E-state index in [1.807, 2.05) is 18.2 Å². The highest BCUT2D eigenvalue weighted by Crippen LogP contribution is 2.33. The molecule has 72 valence electrons. The van der Waals surface area contributed by atoms with Crippen LogP contribution in [0.25, 0.3) is 10.1 Å². The lowest BCUT2D eigenvalue weighted by atomic mass is 10.3. The minimum absolute atomic E-state index is 0.394. The van der Waals surface area contributed by atoms with Crippen LogP contribution in [-0.2, 0) is 0 Å². The van der Waals surface area contributed by atoms with Gasteiger partial charge in [-0.1, -0.05) is 33.3 Å². The first kappa shape index (κ1) is 9.48. The summed E-state index contributed by atoms with van der Waals surface area (Å²) in [5.41, 5.74) is 0. The second-order valence-corrected chi connectivity index (χ2v) is 4.58. The van der Waals surface area contributed by atoms with Gasteiger partial charge in [0.1, 0.15) is 0 Å². The lowest BCUT2D eigenvalue weighted by Crippen LogP contribution is -2.00. The topological polar surface area (TPSA) is 46.5 Å². The van der Waals surface area contributed by atoms with E-state index in [9.17, 15) is 4.79 Å². The van der Waals surface area contributed by atoms with Crippen molar-refractivity contribution >= 4 is 43.5 Å². The van der Waals surface area contributed by atoms with Crippen molar-refractivity contribution in [1.29, 1.82) is 0 Å². The van der Waals surface area contributed by atoms with Crippen LogP contribution < -0.4 is 4.74 Å². The Kier molecular flexibility index (Phi) is 2.43. The Hall–Kier alpha value is -1.07. The third-order valence-electron chi connectivity index (χ3n) is 1.65. The van der Waals surface area contributed by atoms with Crippen LogP contribution in [0.2, 0.25) is 0 Å². The highest BCUT2D eigenvalue weighted by Gasteiger charge is 2.06. The molecule has 0 aliphatic heterocycles. The van der Waals surface area contributed by atoms with Crippen molar-refractivity contribution in [3.63, 3.8) is 0 Å². The van der Waals surface area contributed by atoms with Gasteiger partial charge in [-0.05, 0) is 17.5 Å². The predicted molar refractivity (Wildman–Crippen MR) is 58.2 cm³/mol. The minimum Gasteiger partial charge on any atom is -0.449 e. The van der Waals surface area contributed by atoms with Crippen LogP contribution in [0.3, 0.4) is 0 Å². The van der Waals surface area contributed by atoms with E-state index >= 15 is 0 Å². The molecule has 1 heterocycles. The summed E-state index contributed by atoms with van der Waals surface area (Å²) >= 11 is 4.65. The molecule has 1 N–H and O–H groups in total. The number of hydrogen-bond acceptors (Lipinski definition) is 3. The maximum absolute atomic E-state index is 10.3. The molecular weight excluding hydrogens is 268 g/mol. The average Bonchev–Trinajstić information content (AvgIpc) is 2.44. The summed E-state index contributed by atoms with van der Waals surface area (Å²) in [5, 5.41) is 9.80. The van der Waals surface area contributed by atoms with Crippen LogP contribution in [0, 0.1) is 0 Å². The first-order valence-corrected chi connectivity index (χ1v) is 5.36. The summed E-state index contributed by atoms with van der Waals surface area (Å²) in [7, 11) is 0. The van der Waals surface area contributed by atoms with Gasteiger partial charge < -0.3 is 9.84 Å². The number of thiophene rings is 1. The predicted octanol–water partition coefficient (Wildman–Crippen LogP) is 3.72. The molecule has 2 aromatic rings. The van der Waals surface area contributed by atoms with E-state index in [4.69, 9.17) is 5.11 Å². The Morgan fingerprint density at radius 3 is 2.93 bits per heavy atom. The van der Waals surface area contributed by atoms with E-state index in [0.717, 1.165) is 14.6 Å². The minimum atomic E-state index is -1.28. The molecule has 0 unspecified atom stereocenters. The fourth-order valence-corrected chi connectivity index (χ4v) is 2.58. The Morgan fingerprint density at radius 2 is 2.21 bits per heavy atom. The standard InChI is InChI=1S/C9H5BrO3S/c10-6-2-1-5-3-8(13-9(11)12)14-7(5)4-6/h1-4H,(H,11,12). The van der Waals surface area contributed by atoms with E-state index in [1.54, 1.807) is 6.07 Å². The van der Waals surface area contributed by atoms with Crippen LogP contribution in [0.5, 0.6) is 5.06 Å². The number of ether oxygens (including phenoxy) is 1. The third kappa shape index (κ3) is 1.88. The normalized spacial score (nSPS) is 10.4. The van der Waals surface area contributed by atoms with Gasteiger partial charge in [0, 0.05) is 15.2 Å². The Labute approximate surface area is 92.1 Å². The van der Waals surface area contributed by atoms with Crippen LogP contribution >= 0.6 is 27.3 Å². The summed E-state index contributed by atoms with van der Waals surface area (Å²) in [6, 6.07) is 7.44. The SMILES string of the molecule is O=C(O)Oc1cc2ccc(Br)cc2s1. The molecule has 0 saturated carbocycles. The first-order valence-electron chi connectivity index (χ1n) is 3.75. The van der Waals surface area contributed by atoms with Crippen molar-refractivity contribution in [3.8, 4) is 5.06 Å². The fraction of sp³-hybridized carbons (Fsp3) is 0. The second-order valence-electron chi connectivity index (χ2n) is 2.62. The van der Waals surface area contributed by atoms with Gasteiger partial charge in [-0.25, -0.2) is 4.79 Å². The number of halogens is 1. The van der Waals surface area contributed by atoms with Gasteiger partial charge in [0.25, 0.3) is 0 Å². The molecule has 0 aliphatic rings. The summed E-state index contributed by atoms with van der Waals surface area (Å²) < 4.78 is 6.52. The summed E-state index contributed by atoms with van der Waals surface area (Å²) in [6.07, 6.45) is -1.28. The molecule has 14 heavy (non-hydrogen) atoms. The Bertz CT molecular complexity index is 492. The zero-order chi connectivity index (χ0) is 10.1. The van der Waals surface area contributed by atoms with E-state index in [1.165, 1.54) is 11.3 Å². The molecule has 3 nitrogen and oxygen atoms in total. The second kappa shape index (κ2) is 3.59. The zero-order valence-corrected chi connectivity index (χ0v) is 9.26. The fourth-order valence-electron chi connectivity index (χ4n) is 1.12. The molecular formula is C9H5BrO3S. The Balaban J connectivity index is 2.46. The Morgan fingerprint density at radius 1 is 1.43 bits per heavy atom. The highest BCUT2D eigenvalue weighted by molar-refractivity contribution is 9.10. The van der Waals surface area contributed by atoms with Crippen LogP contribution in [0.1, 0.15) is 0 Å². The van der Waals surface area contributed by atoms with Crippen molar-refractivity contribution in [1.82, 2.24) is 0 Å². The van der Waals surface area contributed by atoms with E-state index in [0.29, 0.717) is 5.06 Å². The molecule has 0 radical (unpaired) electrons. The van der Waals surface area contributed by atoms with Gasteiger partial charge >= 0.3 is 6.16 Å². The van der Waals surface area contributed by atoms with Crippen molar-refractivity contribution in [2.24, 2.45) is 0 Å². The lowest BCUT2D eigenvalue weighted by Gasteiger charge is -1.90. The van der Waals surface area contributed by atoms with Crippen LogP contribution in [0.4, 0.5) is 4.79 Å². The van der Waals surface area contributed by atoms with Gasteiger partial charge in [-0.3, -0.25) is 0 Å². The largest absolute Gasteiger partial charge is 0.512 e. The van der Waals surface area contributed by atoms with Crippen molar-refractivity contribution in [3.05, 3.63) is 28.7 Å². The number of carbonyl (C=O) groups is 1. The molecule has 0 atom stereocenters. The molecule has 1 aromatic heterocycles. The van der Waals surface area contributed by atoms with Gasteiger partial charge in [0.2, 0.25) is 0 Å². The lowest BCUT2D eigenvalue weighted by molar-refractivity contribution is 0.146. The maximum atomic E-state index is 10.3. The molecule has 1 aromatic carbocycles. The van der Waals surface area contributed by atoms with Crippen molar-refractivity contribution < 1.29 is 14.6 Å². The first-order chi connectivity index (χ1) is 6.65. The number of benzene rings is 1. The van der Waals surface area contributed by atoms with E-state index in [-0.39, 0.29) is 0 Å². The summed E-state index contributed by atoms with van der Waals surface area (Å²) in [4.78, 5) is 10.3. The maximum Gasteiger partial charge on any atom is 0.512 e. The van der Waals surface area contributed by atoms with Crippen LogP contribution in [0.15, 0.2) is 28.7 Å². The van der Waals surface area contributed by atoms with E-state index in [2.05, 4.69) is 20.7 Å². The number of rotatable bonds is 1. The summed E-state index contributed by atoms with van der Waals surface area (Å²) in [6.45, 7) is 0. The highest BCUT2D eigenvalue weighted by atomic mass is 79.9. The monoisotopic (exact) mass is 272 g/mol. The average molecular weight is 273 g/mol. The van der Waals surface area contributed by atoms with Gasteiger partial charge in [0.05, 0.1) is 0 Å². The smallest absolute Gasteiger partial charge is 0.449 e. The van der Waals surface area contributed by atoms with Gasteiger partial charge in [0.15, 0.2) is 5.06 Å². The molecule has 0 saturated heterocycles. The number of hydrogen-bond donors (Lipinski definition) is 1. The molecule has 0 aliphatic carbocycles.